The Balaban J connectivity index is 4.38. The summed E-state index contributed by atoms with van der Waals surface area (Å²) in [6, 6.07) is 0. The molecule has 79 heavy (non-hydrogen) atoms. The number of hydrogen-bond donors (Lipinski definition) is 0. The van der Waals surface area contributed by atoms with Gasteiger partial charge >= 0.3 is 17.9 Å². The van der Waals surface area contributed by atoms with Crippen LogP contribution in [0.5, 0.6) is 0 Å². The van der Waals surface area contributed by atoms with Crippen LogP contribution in [0, 0.1) is 0 Å². The lowest BCUT2D eigenvalue weighted by Gasteiger charge is -2.18. The standard InChI is InChI=1S/C73H124O6/c1-4-7-10-13-16-19-22-25-28-31-32-33-34-35-36-37-38-39-40-43-45-48-51-54-57-60-63-66-72(75)78-69-70(79-73(76)67-64-61-58-55-52-49-46-42-30-27-24-21-18-15-12-9-6-3)68-77-71(74)65-62-59-56-53-50-47-44-41-29-26-23-20-17-14-11-8-5-2/h7,10,16,18-19,21,25-30,32-33,35-36,38-39,70H,4-6,8-9,11-15,17,20,22-24,31,34,37,40-69H2,1-3H3/b10-7-,19-16-,21-18-,28-25-,29-26-,30-27-,33-32-,36-35-,39-38-. The fraction of sp³-hybridized carbons (Fsp3) is 0.712. The Labute approximate surface area is 489 Å². The zero-order valence-electron chi connectivity index (χ0n) is 51.9. The second kappa shape index (κ2) is 66.6. The predicted molar refractivity (Wildman–Crippen MR) is 343 cm³/mol. The highest BCUT2D eigenvalue weighted by molar-refractivity contribution is 5.71. The number of unbranched alkanes of at least 4 members (excludes halogenated alkanes) is 31. The molecule has 452 valence electrons. The summed E-state index contributed by atoms with van der Waals surface area (Å²) in [5.74, 6) is -0.896. The van der Waals surface area contributed by atoms with Gasteiger partial charge in [0.15, 0.2) is 6.10 Å². The minimum absolute atomic E-state index is 0.0857. The van der Waals surface area contributed by atoms with E-state index >= 15 is 0 Å². The van der Waals surface area contributed by atoms with Crippen LogP contribution in [0.3, 0.4) is 0 Å². The maximum Gasteiger partial charge on any atom is 0.306 e. The van der Waals surface area contributed by atoms with Crippen LogP contribution in [-0.4, -0.2) is 37.2 Å². The maximum absolute atomic E-state index is 12.9. The average Bonchev–Trinajstić information content (AvgIpc) is 3.45. The third-order valence-corrected chi connectivity index (χ3v) is 14.2. The first-order valence-electron chi connectivity index (χ1n) is 33.4. The summed E-state index contributed by atoms with van der Waals surface area (Å²) < 4.78 is 17.0. The van der Waals surface area contributed by atoms with E-state index in [1.54, 1.807) is 0 Å². The lowest BCUT2D eigenvalue weighted by Crippen LogP contribution is -2.30. The average molecular weight is 1100 g/mol. The van der Waals surface area contributed by atoms with Crippen LogP contribution < -0.4 is 0 Å². The van der Waals surface area contributed by atoms with E-state index in [4.69, 9.17) is 14.2 Å². The fourth-order valence-corrected chi connectivity index (χ4v) is 9.24. The number of allylic oxidation sites excluding steroid dienone is 18. The smallest absolute Gasteiger partial charge is 0.306 e. The van der Waals surface area contributed by atoms with Crippen LogP contribution >= 0.6 is 0 Å². The summed E-state index contributed by atoms with van der Waals surface area (Å²) in [6.07, 6.45) is 90.9. The Kier molecular flexibility index (Phi) is 63.3. The second-order valence-corrected chi connectivity index (χ2v) is 22.0. The number of carbonyl (C=O) groups is 3. The molecule has 6 nitrogen and oxygen atoms in total. The molecular weight excluding hydrogens is 973 g/mol. The molecule has 1 unspecified atom stereocenters. The lowest BCUT2D eigenvalue weighted by atomic mass is 10.1. The van der Waals surface area contributed by atoms with Gasteiger partial charge in [0, 0.05) is 19.3 Å². The van der Waals surface area contributed by atoms with Crippen LogP contribution in [0.2, 0.25) is 0 Å². The summed E-state index contributed by atoms with van der Waals surface area (Å²) in [5.41, 5.74) is 0. The molecule has 0 saturated heterocycles. The summed E-state index contributed by atoms with van der Waals surface area (Å²) in [7, 11) is 0. The van der Waals surface area contributed by atoms with Crippen molar-refractivity contribution >= 4 is 17.9 Å². The van der Waals surface area contributed by atoms with E-state index in [1.807, 2.05) is 0 Å². The molecule has 0 aliphatic carbocycles. The molecule has 0 rings (SSSR count). The van der Waals surface area contributed by atoms with Gasteiger partial charge in [-0.25, -0.2) is 0 Å². The Morgan fingerprint density at radius 2 is 0.494 bits per heavy atom. The van der Waals surface area contributed by atoms with Crippen molar-refractivity contribution in [3.63, 3.8) is 0 Å². The van der Waals surface area contributed by atoms with Gasteiger partial charge in [0.05, 0.1) is 0 Å². The van der Waals surface area contributed by atoms with Crippen molar-refractivity contribution < 1.29 is 28.6 Å². The SMILES string of the molecule is CC/C=C\C/C=C\C/C=C\C/C=C\C/C=C\C/C=C\CCCCCCCCCCC(=O)OCC(COC(=O)CCCCCCCCC/C=C\CCCCCCCC)OC(=O)CCCCCCCCC/C=C\C/C=C\CCCCC. The highest BCUT2D eigenvalue weighted by Gasteiger charge is 2.19. The first-order chi connectivity index (χ1) is 39.0. The molecular formula is C73H124O6. The third kappa shape index (κ3) is 64.8. The van der Waals surface area contributed by atoms with Gasteiger partial charge in [-0.2, -0.15) is 0 Å². The van der Waals surface area contributed by atoms with Crippen molar-refractivity contribution in [1.29, 1.82) is 0 Å². The quantitative estimate of drug-likeness (QED) is 0.0261. The highest BCUT2D eigenvalue weighted by atomic mass is 16.6. The monoisotopic (exact) mass is 1100 g/mol. The topological polar surface area (TPSA) is 78.9 Å². The highest BCUT2D eigenvalue weighted by Crippen LogP contribution is 2.16. The van der Waals surface area contributed by atoms with Crippen LogP contribution in [0.15, 0.2) is 109 Å². The van der Waals surface area contributed by atoms with Crippen molar-refractivity contribution in [3.8, 4) is 0 Å². The van der Waals surface area contributed by atoms with Crippen LogP contribution in [0.25, 0.3) is 0 Å². The molecule has 0 heterocycles. The normalized spacial score (nSPS) is 12.8. The van der Waals surface area contributed by atoms with Crippen molar-refractivity contribution in [2.24, 2.45) is 0 Å². The largest absolute Gasteiger partial charge is 0.462 e. The number of hydrogen-bond acceptors (Lipinski definition) is 6. The second-order valence-electron chi connectivity index (χ2n) is 22.0. The zero-order chi connectivity index (χ0) is 57.1. The van der Waals surface area contributed by atoms with Crippen LogP contribution in [-0.2, 0) is 28.6 Å². The van der Waals surface area contributed by atoms with E-state index in [0.717, 1.165) is 116 Å². The number of rotatable bonds is 60. The minimum Gasteiger partial charge on any atom is -0.462 e. The molecule has 0 aliphatic rings. The number of carbonyl (C=O) groups excluding carboxylic acids is 3. The lowest BCUT2D eigenvalue weighted by molar-refractivity contribution is -0.167. The van der Waals surface area contributed by atoms with E-state index in [9.17, 15) is 14.4 Å². The van der Waals surface area contributed by atoms with E-state index in [-0.39, 0.29) is 31.1 Å². The van der Waals surface area contributed by atoms with Gasteiger partial charge in [-0.1, -0.05) is 278 Å². The predicted octanol–water partition coefficient (Wildman–Crippen LogP) is 23.0. The number of esters is 3. The molecule has 0 aliphatic heterocycles. The van der Waals surface area contributed by atoms with E-state index in [2.05, 4.69) is 130 Å². The molecule has 0 fully saturated rings. The van der Waals surface area contributed by atoms with Gasteiger partial charge in [0.1, 0.15) is 13.2 Å². The first kappa shape index (κ1) is 75.1. The van der Waals surface area contributed by atoms with Crippen LogP contribution in [0.1, 0.15) is 316 Å². The molecule has 0 aromatic heterocycles. The molecule has 0 radical (unpaired) electrons. The zero-order valence-corrected chi connectivity index (χ0v) is 51.9. The maximum atomic E-state index is 12.9. The third-order valence-electron chi connectivity index (χ3n) is 14.2. The van der Waals surface area contributed by atoms with Crippen molar-refractivity contribution in [2.75, 3.05) is 13.2 Å². The molecule has 6 heteroatoms. The van der Waals surface area contributed by atoms with Gasteiger partial charge < -0.3 is 14.2 Å². The molecule has 0 N–H and O–H groups in total. The van der Waals surface area contributed by atoms with Gasteiger partial charge in [-0.15, -0.1) is 0 Å². The summed E-state index contributed by atoms with van der Waals surface area (Å²) in [5, 5.41) is 0. The molecule has 0 aromatic carbocycles. The molecule has 0 spiro atoms. The van der Waals surface area contributed by atoms with E-state index in [0.29, 0.717) is 19.3 Å². The molecule has 0 amide bonds. The van der Waals surface area contributed by atoms with Gasteiger partial charge in [-0.3, -0.25) is 14.4 Å². The summed E-state index contributed by atoms with van der Waals surface area (Å²) in [6.45, 7) is 6.51. The summed E-state index contributed by atoms with van der Waals surface area (Å²) in [4.78, 5) is 38.4. The van der Waals surface area contributed by atoms with Gasteiger partial charge in [-0.05, 0) is 128 Å². The molecule has 1 atom stereocenters. The van der Waals surface area contributed by atoms with Crippen molar-refractivity contribution in [3.05, 3.63) is 109 Å². The van der Waals surface area contributed by atoms with E-state index in [1.165, 1.54) is 161 Å². The van der Waals surface area contributed by atoms with Crippen molar-refractivity contribution in [2.45, 2.75) is 322 Å². The van der Waals surface area contributed by atoms with E-state index < -0.39 is 6.10 Å². The molecule has 0 bridgehead atoms. The fourth-order valence-electron chi connectivity index (χ4n) is 9.24. The Morgan fingerprint density at radius 3 is 0.810 bits per heavy atom. The first-order valence-corrected chi connectivity index (χ1v) is 33.4. The van der Waals surface area contributed by atoms with Crippen LogP contribution in [0.4, 0.5) is 0 Å². The Bertz CT molecular complexity index is 1590. The van der Waals surface area contributed by atoms with Gasteiger partial charge in [0.25, 0.3) is 0 Å². The minimum atomic E-state index is -0.791. The van der Waals surface area contributed by atoms with Crippen molar-refractivity contribution in [1.82, 2.24) is 0 Å². The molecule has 0 aromatic rings. The number of ether oxygens (including phenoxy) is 3. The summed E-state index contributed by atoms with van der Waals surface area (Å²) >= 11 is 0. The van der Waals surface area contributed by atoms with Gasteiger partial charge in [0.2, 0.25) is 0 Å². The Hall–Kier alpha value is -3.93. The molecule has 0 saturated carbocycles. The Morgan fingerprint density at radius 1 is 0.266 bits per heavy atom.